The summed E-state index contributed by atoms with van der Waals surface area (Å²) < 4.78 is 13.3. The van der Waals surface area contributed by atoms with Crippen LogP contribution in [-0.4, -0.2) is 23.1 Å². The van der Waals surface area contributed by atoms with E-state index in [0.29, 0.717) is 11.6 Å². The molecule has 0 bridgehead atoms. The smallest absolute Gasteiger partial charge is 0.229 e. The summed E-state index contributed by atoms with van der Waals surface area (Å²) in [7, 11) is 0. The molecule has 1 N–H and O–H groups in total. The van der Waals surface area contributed by atoms with E-state index in [4.69, 9.17) is 0 Å². The molecule has 0 aliphatic rings. The number of rotatable bonds is 7. The van der Waals surface area contributed by atoms with Crippen LogP contribution in [0.2, 0.25) is 0 Å². The molecule has 0 amide bonds. The highest BCUT2D eigenvalue weighted by molar-refractivity contribution is 5.55. The fourth-order valence-electron chi connectivity index (χ4n) is 2.33. The van der Waals surface area contributed by atoms with Gasteiger partial charge in [-0.1, -0.05) is 19.4 Å². The summed E-state index contributed by atoms with van der Waals surface area (Å²) in [6.07, 6.45) is 1.92. The van der Waals surface area contributed by atoms with Crippen molar-refractivity contribution in [2.24, 2.45) is 0 Å². The van der Waals surface area contributed by atoms with Gasteiger partial charge < -0.3 is 10.2 Å². The summed E-state index contributed by atoms with van der Waals surface area (Å²) in [5.74, 6) is 1.14. The number of aryl methyl sites for hydroxylation is 1. The number of aromatic nitrogens is 2. The van der Waals surface area contributed by atoms with Crippen molar-refractivity contribution in [3.63, 3.8) is 0 Å². The number of halogens is 1. The van der Waals surface area contributed by atoms with Crippen molar-refractivity contribution >= 4 is 17.5 Å². The van der Waals surface area contributed by atoms with E-state index in [1.165, 1.54) is 12.1 Å². The Balaban J connectivity index is 2.32. The molecule has 0 atom stereocenters. The highest BCUT2D eigenvalue weighted by atomic mass is 19.1. The second-order valence-corrected chi connectivity index (χ2v) is 5.10. The summed E-state index contributed by atoms with van der Waals surface area (Å²) in [6, 6.07) is 8.36. The van der Waals surface area contributed by atoms with Gasteiger partial charge in [0.2, 0.25) is 5.95 Å². The Morgan fingerprint density at radius 2 is 1.86 bits per heavy atom. The molecule has 0 unspecified atom stereocenters. The van der Waals surface area contributed by atoms with Crippen LogP contribution in [0.4, 0.5) is 21.8 Å². The lowest BCUT2D eigenvalue weighted by Crippen LogP contribution is -2.23. The van der Waals surface area contributed by atoms with E-state index < -0.39 is 0 Å². The molecule has 0 aliphatic carbocycles. The van der Waals surface area contributed by atoms with Gasteiger partial charge in [-0.2, -0.15) is 4.98 Å². The predicted molar refractivity (Wildman–Crippen MR) is 89.3 cm³/mol. The molecule has 0 aliphatic heterocycles. The Hall–Kier alpha value is -2.17. The number of hydrogen-bond donors (Lipinski definition) is 1. The van der Waals surface area contributed by atoms with Crippen molar-refractivity contribution in [3.8, 4) is 0 Å². The van der Waals surface area contributed by atoms with E-state index in [0.717, 1.165) is 37.4 Å². The lowest BCUT2D eigenvalue weighted by atomic mass is 10.2. The topological polar surface area (TPSA) is 41.1 Å². The Kier molecular flexibility index (Phi) is 5.69. The van der Waals surface area contributed by atoms with Crippen molar-refractivity contribution in [3.05, 3.63) is 41.8 Å². The number of nitrogens with one attached hydrogen (secondary N) is 1. The molecule has 118 valence electrons. The normalized spacial score (nSPS) is 10.5. The first kappa shape index (κ1) is 16.2. The van der Waals surface area contributed by atoms with Gasteiger partial charge in [-0.05, 0) is 38.5 Å². The third-order valence-electron chi connectivity index (χ3n) is 3.44. The average molecular weight is 302 g/mol. The fraction of sp³-hybridized carbons (Fsp3) is 0.412. The van der Waals surface area contributed by atoms with E-state index in [1.54, 1.807) is 12.1 Å². The Morgan fingerprint density at radius 1 is 1.09 bits per heavy atom. The molecule has 0 fully saturated rings. The largest absolute Gasteiger partial charge is 0.357 e. The van der Waals surface area contributed by atoms with Crippen LogP contribution in [0.1, 0.15) is 32.9 Å². The van der Waals surface area contributed by atoms with Crippen LogP contribution in [0.3, 0.4) is 0 Å². The third-order valence-corrected chi connectivity index (χ3v) is 3.44. The Bertz CT molecular complexity index is 611. The maximum Gasteiger partial charge on any atom is 0.229 e. The summed E-state index contributed by atoms with van der Waals surface area (Å²) in [4.78, 5) is 11.3. The molecule has 4 nitrogen and oxygen atoms in total. The summed E-state index contributed by atoms with van der Waals surface area (Å²) in [6.45, 7) is 8.10. The quantitative estimate of drug-likeness (QED) is 0.834. The van der Waals surface area contributed by atoms with Gasteiger partial charge in [-0.15, -0.1) is 0 Å². The molecule has 2 rings (SSSR count). The van der Waals surface area contributed by atoms with Crippen LogP contribution in [0, 0.1) is 5.82 Å². The summed E-state index contributed by atoms with van der Waals surface area (Å²) in [5, 5.41) is 3.10. The molecule has 0 spiro atoms. The van der Waals surface area contributed by atoms with Crippen LogP contribution in [0.25, 0.3) is 0 Å². The lowest BCUT2D eigenvalue weighted by Gasteiger charge is -2.21. The van der Waals surface area contributed by atoms with Gasteiger partial charge in [-0.3, -0.25) is 0 Å². The molecule has 22 heavy (non-hydrogen) atoms. The van der Waals surface area contributed by atoms with Crippen LogP contribution < -0.4 is 10.2 Å². The molecular formula is C17H23FN4. The maximum atomic E-state index is 13.3. The lowest BCUT2D eigenvalue weighted by molar-refractivity contribution is 0.628. The molecule has 0 saturated carbocycles. The van der Waals surface area contributed by atoms with Crippen molar-refractivity contribution < 1.29 is 4.39 Å². The molecule has 2 aromatic rings. The molecule has 0 saturated heterocycles. The Morgan fingerprint density at radius 3 is 2.50 bits per heavy atom. The van der Waals surface area contributed by atoms with Gasteiger partial charge in [0, 0.05) is 30.5 Å². The van der Waals surface area contributed by atoms with Crippen molar-refractivity contribution in [1.82, 2.24) is 9.97 Å². The highest BCUT2D eigenvalue weighted by Gasteiger charge is 2.09. The number of anilines is 3. The van der Waals surface area contributed by atoms with Gasteiger partial charge in [0.05, 0.1) is 0 Å². The van der Waals surface area contributed by atoms with E-state index in [2.05, 4.69) is 41.0 Å². The second-order valence-electron chi connectivity index (χ2n) is 5.10. The van der Waals surface area contributed by atoms with E-state index in [1.807, 2.05) is 6.07 Å². The minimum absolute atomic E-state index is 0.279. The first-order valence-corrected chi connectivity index (χ1v) is 7.81. The minimum Gasteiger partial charge on any atom is -0.357 e. The van der Waals surface area contributed by atoms with Crippen LogP contribution in [0.5, 0.6) is 0 Å². The second kappa shape index (κ2) is 7.73. The zero-order chi connectivity index (χ0) is 15.9. The predicted octanol–water partition coefficient (Wildman–Crippen LogP) is 4.16. The van der Waals surface area contributed by atoms with Crippen molar-refractivity contribution in [1.29, 1.82) is 0 Å². The van der Waals surface area contributed by atoms with E-state index >= 15 is 0 Å². The van der Waals surface area contributed by atoms with Gasteiger partial charge in [0.25, 0.3) is 0 Å². The zero-order valence-electron chi connectivity index (χ0n) is 13.4. The van der Waals surface area contributed by atoms with Gasteiger partial charge >= 0.3 is 0 Å². The SMILES string of the molecule is CCCc1cc(N(CC)CC)nc(Nc2cccc(F)c2)n1. The molecule has 1 aromatic carbocycles. The van der Waals surface area contributed by atoms with E-state index in [-0.39, 0.29) is 5.82 Å². The summed E-state index contributed by atoms with van der Waals surface area (Å²) in [5.41, 5.74) is 1.65. The van der Waals surface area contributed by atoms with Gasteiger partial charge in [-0.25, -0.2) is 9.37 Å². The third kappa shape index (κ3) is 4.16. The standard InChI is InChI=1S/C17H23FN4/c1-4-8-14-12-16(22(5-2)6-3)21-17(19-14)20-15-10-7-9-13(18)11-15/h7,9-12H,4-6,8H2,1-3H3,(H,19,20,21). The minimum atomic E-state index is -0.279. The van der Waals surface area contributed by atoms with Crippen LogP contribution in [-0.2, 0) is 6.42 Å². The number of benzene rings is 1. The average Bonchev–Trinajstić information content (AvgIpc) is 2.49. The van der Waals surface area contributed by atoms with Crippen molar-refractivity contribution in [2.75, 3.05) is 23.3 Å². The van der Waals surface area contributed by atoms with Crippen molar-refractivity contribution in [2.45, 2.75) is 33.6 Å². The molecule has 1 aromatic heterocycles. The first-order valence-electron chi connectivity index (χ1n) is 7.81. The molecular weight excluding hydrogens is 279 g/mol. The Labute approximate surface area is 131 Å². The maximum absolute atomic E-state index is 13.3. The van der Waals surface area contributed by atoms with Crippen LogP contribution >= 0.6 is 0 Å². The first-order chi connectivity index (χ1) is 10.7. The fourth-order valence-corrected chi connectivity index (χ4v) is 2.33. The van der Waals surface area contributed by atoms with Crippen LogP contribution in [0.15, 0.2) is 30.3 Å². The highest BCUT2D eigenvalue weighted by Crippen LogP contribution is 2.19. The van der Waals surface area contributed by atoms with E-state index in [9.17, 15) is 4.39 Å². The molecule has 1 heterocycles. The molecule has 0 radical (unpaired) electrons. The van der Waals surface area contributed by atoms with Gasteiger partial charge in [0.1, 0.15) is 11.6 Å². The summed E-state index contributed by atoms with van der Waals surface area (Å²) >= 11 is 0. The monoisotopic (exact) mass is 302 g/mol. The van der Waals surface area contributed by atoms with Gasteiger partial charge in [0.15, 0.2) is 0 Å². The zero-order valence-corrected chi connectivity index (χ0v) is 13.4. The molecule has 5 heteroatoms. The number of nitrogens with zero attached hydrogens (tertiary/aromatic N) is 3. The number of hydrogen-bond acceptors (Lipinski definition) is 4.